The molecule has 1 aliphatic rings. The van der Waals surface area contributed by atoms with E-state index in [0.717, 1.165) is 31.8 Å². The van der Waals surface area contributed by atoms with Gasteiger partial charge in [0.2, 0.25) is 11.8 Å². The molecule has 1 aliphatic heterocycles. The van der Waals surface area contributed by atoms with Gasteiger partial charge < -0.3 is 19.6 Å². The molecule has 0 aromatic rings. The van der Waals surface area contributed by atoms with Crippen LogP contribution in [0.4, 0.5) is 0 Å². The molecule has 0 aliphatic carbocycles. The highest BCUT2D eigenvalue weighted by Crippen LogP contribution is 2.10. The van der Waals surface area contributed by atoms with Gasteiger partial charge in [-0.25, -0.2) is 0 Å². The van der Waals surface area contributed by atoms with Gasteiger partial charge in [-0.1, -0.05) is 20.3 Å². The summed E-state index contributed by atoms with van der Waals surface area (Å²) in [5, 5.41) is 0. The minimum atomic E-state index is 0.215. The van der Waals surface area contributed by atoms with Gasteiger partial charge in [0.15, 0.2) is 5.96 Å². The summed E-state index contributed by atoms with van der Waals surface area (Å²) in [4.78, 5) is 36.9. The van der Waals surface area contributed by atoms with Gasteiger partial charge in [-0.15, -0.1) is 0 Å². The molecule has 0 atom stereocenters. The molecule has 27 heavy (non-hydrogen) atoms. The van der Waals surface area contributed by atoms with Crippen LogP contribution in [0.25, 0.3) is 0 Å². The fourth-order valence-corrected chi connectivity index (χ4v) is 3.27. The average molecular weight is 382 g/mol. The highest BCUT2D eigenvalue weighted by atomic mass is 16.2. The lowest BCUT2D eigenvalue weighted by atomic mass is 10.1. The quantitative estimate of drug-likeness (QED) is 0.365. The maximum atomic E-state index is 12.4. The van der Waals surface area contributed by atoms with E-state index in [0.29, 0.717) is 44.9 Å². The topological polar surface area (TPSA) is 59.5 Å². The molecule has 156 valence electrons. The summed E-state index contributed by atoms with van der Waals surface area (Å²) in [5.74, 6) is 1.79. The minimum Gasteiger partial charge on any atom is -0.349 e. The van der Waals surface area contributed by atoms with Gasteiger partial charge in [-0.2, -0.15) is 0 Å². The van der Waals surface area contributed by atoms with Gasteiger partial charge in [0.1, 0.15) is 0 Å². The molecule has 0 spiro atoms. The zero-order valence-electron chi connectivity index (χ0n) is 18.2. The van der Waals surface area contributed by atoms with Crippen LogP contribution in [0.2, 0.25) is 0 Å². The van der Waals surface area contributed by atoms with Crippen LogP contribution in [0.3, 0.4) is 0 Å². The van der Waals surface area contributed by atoms with Crippen molar-refractivity contribution in [3.8, 4) is 0 Å². The molecular weight excluding hydrogens is 342 g/mol. The van der Waals surface area contributed by atoms with Gasteiger partial charge >= 0.3 is 0 Å². The zero-order valence-corrected chi connectivity index (χ0v) is 18.2. The van der Waals surface area contributed by atoms with E-state index in [-0.39, 0.29) is 11.8 Å². The molecule has 2 amide bonds. The van der Waals surface area contributed by atoms with E-state index in [1.165, 1.54) is 0 Å². The molecule has 1 fully saturated rings. The van der Waals surface area contributed by atoms with Gasteiger partial charge in [0.05, 0.1) is 0 Å². The molecule has 1 saturated heterocycles. The number of unbranched alkanes of at least 4 members (excludes halogenated alkanes) is 2. The third kappa shape index (κ3) is 8.63. The summed E-state index contributed by atoms with van der Waals surface area (Å²) in [6, 6.07) is 0. The highest BCUT2D eigenvalue weighted by molar-refractivity contribution is 5.79. The van der Waals surface area contributed by atoms with Crippen molar-refractivity contribution in [2.45, 2.75) is 46.0 Å². The van der Waals surface area contributed by atoms with E-state index >= 15 is 0 Å². The van der Waals surface area contributed by atoms with Crippen LogP contribution >= 0.6 is 0 Å². The minimum absolute atomic E-state index is 0.215. The number of amides is 2. The summed E-state index contributed by atoms with van der Waals surface area (Å²) >= 11 is 0. The van der Waals surface area contributed by atoms with Crippen LogP contribution in [0.1, 0.15) is 46.0 Å². The van der Waals surface area contributed by atoms with Crippen LogP contribution in [0, 0.1) is 5.92 Å². The molecule has 0 aromatic heterocycles. The van der Waals surface area contributed by atoms with Crippen LogP contribution in [-0.4, -0.2) is 98.3 Å². The lowest BCUT2D eigenvalue weighted by molar-refractivity contribution is -0.140. The van der Waals surface area contributed by atoms with Crippen molar-refractivity contribution in [3.05, 3.63) is 0 Å². The van der Waals surface area contributed by atoms with E-state index in [4.69, 9.17) is 0 Å². The van der Waals surface area contributed by atoms with Gasteiger partial charge in [0, 0.05) is 73.8 Å². The maximum Gasteiger partial charge on any atom is 0.222 e. The predicted octanol–water partition coefficient (Wildman–Crippen LogP) is 1.74. The van der Waals surface area contributed by atoms with Crippen LogP contribution in [0.15, 0.2) is 4.99 Å². The first-order valence-corrected chi connectivity index (χ1v) is 10.2. The number of hydrogen-bond acceptors (Lipinski definition) is 3. The molecule has 0 saturated carbocycles. The van der Waals surface area contributed by atoms with E-state index in [9.17, 15) is 9.59 Å². The Balaban J connectivity index is 2.21. The second kappa shape index (κ2) is 11.8. The smallest absolute Gasteiger partial charge is 0.222 e. The Kier molecular flexibility index (Phi) is 10.2. The van der Waals surface area contributed by atoms with Crippen molar-refractivity contribution >= 4 is 17.8 Å². The van der Waals surface area contributed by atoms with Gasteiger partial charge in [-0.05, 0) is 18.8 Å². The molecule has 7 heteroatoms. The Morgan fingerprint density at radius 1 is 0.852 bits per heavy atom. The summed E-state index contributed by atoms with van der Waals surface area (Å²) in [7, 11) is 7.97. The van der Waals surface area contributed by atoms with Crippen molar-refractivity contribution in [1.82, 2.24) is 19.6 Å². The summed E-state index contributed by atoms with van der Waals surface area (Å²) < 4.78 is 0. The second-order valence-corrected chi connectivity index (χ2v) is 8.14. The zero-order chi connectivity index (χ0) is 20.4. The molecule has 1 heterocycles. The van der Waals surface area contributed by atoms with Crippen molar-refractivity contribution in [2.75, 3.05) is 60.9 Å². The SMILES string of the molecule is CC(C)CC(=O)N1CCN(C(=O)CCCCCN=C(N(C)C)N(C)C)CC1. The van der Waals surface area contributed by atoms with Crippen LogP contribution in [-0.2, 0) is 9.59 Å². The standard InChI is InChI=1S/C20H39N5O2/c1-17(2)16-19(27)25-14-12-24(13-15-25)18(26)10-8-7-9-11-21-20(22(3)4)23(5)6/h17H,7-16H2,1-6H3. The average Bonchev–Trinajstić information content (AvgIpc) is 2.59. The van der Waals surface area contributed by atoms with Crippen molar-refractivity contribution < 1.29 is 9.59 Å². The molecule has 7 nitrogen and oxygen atoms in total. The molecule has 0 bridgehead atoms. The monoisotopic (exact) mass is 381 g/mol. The Morgan fingerprint density at radius 3 is 1.85 bits per heavy atom. The summed E-state index contributed by atoms with van der Waals surface area (Å²) in [6.45, 7) is 7.59. The number of aliphatic imine (C=N–C) groups is 1. The van der Waals surface area contributed by atoms with Crippen LogP contribution < -0.4 is 0 Å². The first kappa shape index (κ1) is 23.2. The van der Waals surface area contributed by atoms with E-state index in [1.54, 1.807) is 0 Å². The van der Waals surface area contributed by atoms with Crippen molar-refractivity contribution in [3.63, 3.8) is 0 Å². The van der Waals surface area contributed by atoms with Crippen LogP contribution in [0.5, 0.6) is 0 Å². The number of carbonyl (C=O) groups is 2. The van der Waals surface area contributed by atoms with Crippen molar-refractivity contribution in [2.24, 2.45) is 10.9 Å². The first-order valence-electron chi connectivity index (χ1n) is 10.2. The molecule has 0 N–H and O–H groups in total. The second-order valence-electron chi connectivity index (χ2n) is 8.14. The van der Waals surface area contributed by atoms with Gasteiger partial charge in [-0.3, -0.25) is 14.6 Å². The Morgan fingerprint density at radius 2 is 1.37 bits per heavy atom. The lowest BCUT2D eigenvalue weighted by Crippen LogP contribution is -2.50. The number of rotatable bonds is 8. The highest BCUT2D eigenvalue weighted by Gasteiger charge is 2.23. The number of carbonyl (C=O) groups excluding carboxylic acids is 2. The molecule has 0 radical (unpaired) electrons. The normalized spacial score (nSPS) is 14.3. The lowest BCUT2D eigenvalue weighted by Gasteiger charge is -2.35. The van der Waals surface area contributed by atoms with Crippen molar-refractivity contribution in [1.29, 1.82) is 0 Å². The number of nitrogens with zero attached hydrogens (tertiary/aromatic N) is 5. The number of guanidine groups is 1. The first-order chi connectivity index (χ1) is 12.7. The Hall–Kier alpha value is -1.79. The van der Waals surface area contributed by atoms with E-state index in [2.05, 4.69) is 18.8 Å². The molecular formula is C20H39N5O2. The van der Waals surface area contributed by atoms with E-state index < -0.39 is 0 Å². The maximum absolute atomic E-state index is 12.4. The van der Waals surface area contributed by atoms with E-state index in [1.807, 2.05) is 47.8 Å². The summed E-state index contributed by atoms with van der Waals surface area (Å²) in [6.07, 6.45) is 4.10. The number of piperazine rings is 1. The van der Waals surface area contributed by atoms with Gasteiger partial charge in [0.25, 0.3) is 0 Å². The predicted molar refractivity (Wildman–Crippen MR) is 111 cm³/mol. The molecule has 0 unspecified atom stereocenters. The number of hydrogen-bond donors (Lipinski definition) is 0. The summed E-state index contributed by atoms with van der Waals surface area (Å²) in [5.41, 5.74) is 0. The third-order valence-electron chi connectivity index (χ3n) is 4.67. The fourth-order valence-electron chi connectivity index (χ4n) is 3.27. The third-order valence-corrected chi connectivity index (χ3v) is 4.67. The fraction of sp³-hybridized carbons (Fsp3) is 0.850. The molecule has 1 rings (SSSR count). The Labute approximate surface area is 165 Å². The largest absolute Gasteiger partial charge is 0.349 e. The Bertz CT molecular complexity index is 485. The molecule has 0 aromatic carbocycles.